The van der Waals surface area contributed by atoms with Crippen LogP contribution < -0.4 is 5.43 Å². The summed E-state index contributed by atoms with van der Waals surface area (Å²) in [4.78, 5) is 12.4. The van der Waals surface area contributed by atoms with E-state index in [0.717, 1.165) is 0 Å². The zero-order valence-electron chi connectivity index (χ0n) is 9.76. The van der Waals surface area contributed by atoms with E-state index in [1.165, 1.54) is 12.3 Å². The lowest BCUT2D eigenvalue weighted by molar-refractivity contribution is 0.477. The standard InChI is InChI=1S/C15H9ClO3/c16-11-5-3-7-13-14(11)15(18)10(8-19-13)9-4-1-2-6-12(9)17/h1-8,17H. The Morgan fingerprint density at radius 3 is 2.58 bits per heavy atom. The number of hydrogen-bond acceptors (Lipinski definition) is 3. The molecule has 0 bridgehead atoms. The first kappa shape index (κ1) is 11.8. The van der Waals surface area contributed by atoms with Gasteiger partial charge in [0.25, 0.3) is 0 Å². The Hall–Kier alpha value is -2.26. The number of para-hydroxylation sites is 1. The minimum Gasteiger partial charge on any atom is -0.507 e. The van der Waals surface area contributed by atoms with E-state index in [1.807, 2.05) is 0 Å². The molecule has 0 aliphatic rings. The highest BCUT2D eigenvalue weighted by Gasteiger charge is 2.13. The molecule has 2 aromatic carbocycles. The van der Waals surface area contributed by atoms with E-state index in [0.29, 0.717) is 27.1 Å². The van der Waals surface area contributed by atoms with Gasteiger partial charge in [0.1, 0.15) is 17.6 Å². The number of halogens is 1. The number of benzene rings is 2. The Labute approximate surface area is 113 Å². The van der Waals surface area contributed by atoms with Gasteiger partial charge in [-0.05, 0) is 18.2 Å². The summed E-state index contributed by atoms with van der Waals surface area (Å²) >= 11 is 6.04. The average molecular weight is 273 g/mol. The van der Waals surface area contributed by atoms with E-state index < -0.39 is 0 Å². The molecule has 1 aromatic heterocycles. The number of rotatable bonds is 1. The maximum absolute atomic E-state index is 12.4. The van der Waals surface area contributed by atoms with Gasteiger partial charge in [-0.15, -0.1) is 0 Å². The van der Waals surface area contributed by atoms with Crippen LogP contribution in [-0.2, 0) is 0 Å². The fourth-order valence-electron chi connectivity index (χ4n) is 2.02. The van der Waals surface area contributed by atoms with Crippen molar-refractivity contribution >= 4 is 22.6 Å². The van der Waals surface area contributed by atoms with Crippen LogP contribution in [0.25, 0.3) is 22.1 Å². The molecule has 0 amide bonds. The van der Waals surface area contributed by atoms with Crippen molar-refractivity contribution < 1.29 is 9.52 Å². The molecule has 0 saturated heterocycles. The van der Waals surface area contributed by atoms with Gasteiger partial charge in [-0.2, -0.15) is 0 Å². The van der Waals surface area contributed by atoms with E-state index >= 15 is 0 Å². The van der Waals surface area contributed by atoms with Gasteiger partial charge in [0.15, 0.2) is 0 Å². The van der Waals surface area contributed by atoms with Gasteiger partial charge in [0, 0.05) is 5.56 Å². The normalized spacial score (nSPS) is 10.8. The highest BCUT2D eigenvalue weighted by Crippen LogP contribution is 2.29. The Bertz CT molecular complexity index is 821. The molecule has 0 unspecified atom stereocenters. The minimum absolute atomic E-state index is 0.0289. The summed E-state index contributed by atoms with van der Waals surface area (Å²) in [5, 5.41) is 10.5. The van der Waals surface area contributed by atoms with Crippen molar-refractivity contribution in [2.45, 2.75) is 0 Å². The van der Waals surface area contributed by atoms with Gasteiger partial charge in [-0.25, -0.2) is 0 Å². The first-order chi connectivity index (χ1) is 9.18. The van der Waals surface area contributed by atoms with Crippen LogP contribution in [0.3, 0.4) is 0 Å². The van der Waals surface area contributed by atoms with Gasteiger partial charge >= 0.3 is 0 Å². The van der Waals surface area contributed by atoms with Crippen LogP contribution in [-0.4, -0.2) is 5.11 Å². The van der Waals surface area contributed by atoms with Gasteiger partial charge < -0.3 is 9.52 Å². The van der Waals surface area contributed by atoms with Crippen molar-refractivity contribution in [1.29, 1.82) is 0 Å². The largest absolute Gasteiger partial charge is 0.507 e. The molecule has 0 radical (unpaired) electrons. The fraction of sp³-hybridized carbons (Fsp3) is 0. The summed E-state index contributed by atoms with van der Waals surface area (Å²) in [6.07, 6.45) is 1.34. The first-order valence-corrected chi connectivity index (χ1v) is 6.04. The molecular formula is C15H9ClO3. The molecule has 1 N–H and O–H groups in total. The number of hydrogen-bond donors (Lipinski definition) is 1. The van der Waals surface area contributed by atoms with E-state index in [2.05, 4.69) is 0 Å². The van der Waals surface area contributed by atoms with Gasteiger partial charge in [0.2, 0.25) is 5.43 Å². The third-order valence-electron chi connectivity index (χ3n) is 2.95. The summed E-state index contributed by atoms with van der Waals surface area (Å²) in [5.41, 5.74) is 0.891. The van der Waals surface area contributed by atoms with Crippen molar-refractivity contribution in [3.63, 3.8) is 0 Å². The lowest BCUT2D eigenvalue weighted by Gasteiger charge is -2.05. The molecule has 0 atom stereocenters. The molecule has 3 aromatic rings. The van der Waals surface area contributed by atoms with Crippen LogP contribution in [0.4, 0.5) is 0 Å². The van der Waals surface area contributed by atoms with Crippen LogP contribution >= 0.6 is 11.6 Å². The Morgan fingerprint density at radius 2 is 1.79 bits per heavy atom. The monoisotopic (exact) mass is 272 g/mol. The van der Waals surface area contributed by atoms with Crippen LogP contribution in [0.1, 0.15) is 0 Å². The number of fused-ring (bicyclic) bond motifs is 1. The molecule has 4 heteroatoms. The highest BCUT2D eigenvalue weighted by atomic mass is 35.5. The highest BCUT2D eigenvalue weighted by molar-refractivity contribution is 6.35. The summed E-state index contributed by atoms with van der Waals surface area (Å²) in [5.74, 6) is 0.0289. The van der Waals surface area contributed by atoms with Crippen molar-refractivity contribution in [3.8, 4) is 16.9 Å². The number of phenolic OH excluding ortho intramolecular Hbond substituents is 1. The smallest absolute Gasteiger partial charge is 0.202 e. The van der Waals surface area contributed by atoms with Crippen molar-refractivity contribution in [2.24, 2.45) is 0 Å². The maximum atomic E-state index is 12.4. The first-order valence-electron chi connectivity index (χ1n) is 5.67. The molecule has 0 spiro atoms. The second-order valence-corrected chi connectivity index (χ2v) is 4.52. The number of aromatic hydroxyl groups is 1. The number of phenols is 1. The fourth-order valence-corrected chi connectivity index (χ4v) is 2.27. The van der Waals surface area contributed by atoms with E-state index in [-0.39, 0.29) is 11.2 Å². The molecule has 1 heterocycles. The Balaban J connectivity index is 2.39. The second kappa shape index (κ2) is 4.44. The van der Waals surface area contributed by atoms with Gasteiger partial charge in [-0.1, -0.05) is 35.9 Å². The van der Waals surface area contributed by atoms with Gasteiger partial charge in [0.05, 0.1) is 16.0 Å². The third-order valence-corrected chi connectivity index (χ3v) is 3.26. The molecule has 0 saturated carbocycles. The van der Waals surface area contributed by atoms with Crippen LogP contribution in [0.2, 0.25) is 5.02 Å². The quantitative estimate of drug-likeness (QED) is 0.733. The molecule has 0 aliphatic heterocycles. The zero-order valence-corrected chi connectivity index (χ0v) is 10.5. The predicted molar refractivity (Wildman–Crippen MR) is 74.6 cm³/mol. The Morgan fingerprint density at radius 1 is 1.00 bits per heavy atom. The Kier molecular flexibility index (Phi) is 2.76. The molecule has 3 nitrogen and oxygen atoms in total. The van der Waals surface area contributed by atoms with Crippen LogP contribution in [0.5, 0.6) is 5.75 Å². The van der Waals surface area contributed by atoms with Crippen LogP contribution in [0, 0.1) is 0 Å². The summed E-state index contributed by atoms with van der Waals surface area (Å²) < 4.78 is 5.42. The second-order valence-electron chi connectivity index (χ2n) is 4.11. The van der Waals surface area contributed by atoms with E-state index in [1.54, 1.807) is 36.4 Å². The van der Waals surface area contributed by atoms with E-state index in [4.69, 9.17) is 16.0 Å². The van der Waals surface area contributed by atoms with E-state index in [9.17, 15) is 9.90 Å². The van der Waals surface area contributed by atoms with Crippen molar-refractivity contribution in [2.75, 3.05) is 0 Å². The zero-order chi connectivity index (χ0) is 13.4. The topological polar surface area (TPSA) is 50.4 Å². The van der Waals surface area contributed by atoms with Crippen LogP contribution in [0.15, 0.2) is 57.9 Å². The van der Waals surface area contributed by atoms with Gasteiger partial charge in [-0.3, -0.25) is 4.79 Å². The molecular weight excluding hydrogens is 264 g/mol. The molecule has 19 heavy (non-hydrogen) atoms. The maximum Gasteiger partial charge on any atom is 0.202 e. The summed E-state index contributed by atoms with van der Waals surface area (Å²) in [6.45, 7) is 0. The molecule has 3 rings (SSSR count). The molecule has 0 fully saturated rings. The summed E-state index contributed by atoms with van der Waals surface area (Å²) in [6, 6.07) is 11.6. The SMILES string of the molecule is O=c1c(-c2ccccc2O)coc2cccc(Cl)c12. The van der Waals surface area contributed by atoms with Crippen molar-refractivity contribution in [3.05, 3.63) is 64.0 Å². The lowest BCUT2D eigenvalue weighted by Crippen LogP contribution is -2.05. The molecule has 94 valence electrons. The predicted octanol–water partition coefficient (Wildman–Crippen LogP) is 3.82. The van der Waals surface area contributed by atoms with Crippen molar-refractivity contribution in [1.82, 2.24) is 0 Å². The third kappa shape index (κ3) is 1.88. The summed E-state index contributed by atoms with van der Waals surface area (Å²) in [7, 11) is 0. The lowest BCUT2D eigenvalue weighted by atomic mass is 10.0. The average Bonchev–Trinajstić information content (AvgIpc) is 2.40. The molecule has 0 aliphatic carbocycles. The minimum atomic E-state index is -0.256.